The molecule has 12 heteroatoms. The molecule has 2 saturated heterocycles. The maximum absolute atomic E-state index is 14.1. The van der Waals surface area contributed by atoms with Crippen molar-refractivity contribution in [1.29, 1.82) is 0 Å². The van der Waals surface area contributed by atoms with Crippen molar-refractivity contribution in [2.75, 3.05) is 19.6 Å². The van der Waals surface area contributed by atoms with E-state index in [1.165, 1.54) is 23.1 Å². The van der Waals surface area contributed by atoms with E-state index in [2.05, 4.69) is 5.32 Å². The van der Waals surface area contributed by atoms with Crippen LogP contribution in [-0.2, 0) is 23.7 Å². The molecule has 2 fully saturated rings. The number of halogens is 7. The zero-order chi connectivity index (χ0) is 25.6. The Morgan fingerprint density at radius 1 is 0.971 bits per heavy atom. The number of rotatable bonds is 3. The third kappa shape index (κ3) is 4.84. The molecule has 0 unspecified atom stereocenters. The van der Waals surface area contributed by atoms with Gasteiger partial charge in [-0.05, 0) is 24.3 Å². The van der Waals surface area contributed by atoms with Gasteiger partial charge in [0, 0.05) is 31.5 Å². The predicted octanol–water partition coefficient (Wildman–Crippen LogP) is 4.43. The summed E-state index contributed by atoms with van der Waals surface area (Å²) in [6.07, 6.45) is -9.73. The van der Waals surface area contributed by atoms with Crippen molar-refractivity contribution in [3.63, 3.8) is 0 Å². The zero-order valence-electron chi connectivity index (χ0n) is 18.1. The van der Waals surface area contributed by atoms with E-state index in [4.69, 9.17) is 0 Å². The molecule has 5 nitrogen and oxygen atoms in total. The van der Waals surface area contributed by atoms with Crippen molar-refractivity contribution in [2.24, 2.45) is 0 Å². The molecular formula is C23H20F7N3O2. The summed E-state index contributed by atoms with van der Waals surface area (Å²) >= 11 is 0. The van der Waals surface area contributed by atoms with Crippen LogP contribution < -0.4 is 5.32 Å². The average Bonchev–Trinajstić information content (AvgIpc) is 3.08. The molecule has 0 radical (unpaired) electrons. The zero-order valence-corrected chi connectivity index (χ0v) is 18.1. The Balaban J connectivity index is 1.56. The molecular weight excluding hydrogens is 483 g/mol. The van der Waals surface area contributed by atoms with Gasteiger partial charge in [0.1, 0.15) is 5.82 Å². The molecule has 2 aromatic rings. The first kappa shape index (κ1) is 25.0. The number of piperidine rings is 1. The number of alkyl halides is 6. The molecule has 0 atom stereocenters. The number of hydrogen-bond donors (Lipinski definition) is 1. The van der Waals surface area contributed by atoms with Gasteiger partial charge in [-0.15, -0.1) is 0 Å². The van der Waals surface area contributed by atoms with Crippen LogP contribution in [0.25, 0.3) is 0 Å². The van der Waals surface area contributed by atoms with Gasteiger partial charge in [0.2, 0.25) is 5.91 Å². The second-order valence-electron chi connectivity index (χ2n) is 8.50. The molecule has 2 aliphatic heterocycles. The maximum Gasteiger partial charge on any atom is 0.417 e. The van der Waals surface area contributed by atoms with Gasteiger partial charge in [0.25, 0.3) is 5.91 Å². The first-order chi connectivity index (χ1) is 16.3. The van der Waals surface area contributed by atoms with Crippen LogP contribution in [0, 0.1) is 5.82 Å². The third-order valence-electron chi connectivity index (χ3n) is 6.43. The molecule has 0 aliphatic carbocycles. The molecule has 35 heavy (non-hydrogen) atoms. The van der Waals surface area contributed by atoms with Crippen molar-refractivity contribution in [2.45, 2.75) is 37.4 Å². The Morgan fingerprint density at radius 2 is 1.63 bits per heavy atom. The summed E-state index contributed by atoms with van der Waals surface area (Å²) in [6.45, 7) is -0.298. The lowest BCUT2D eigenvalue weighted by Crippen LogP contribution is -2.59. The van der Waals surface area contributed by atoms with Crippen molar-refractivity contribution in [3.05, 3.63) is 70.5 Å². The Hall–Kier alpha value is -3.15. The average molecular weight is 503 g/mol. The summed E-state index contributed by atoms with van der Waals surface area (Å²) < 4.78 is 93.8. The van der Waals surface area contributed by atoms with E-state index in [1.54, 1.807) is 6.07 Å². The molecule has 0 saturated carbocycles. The van der Waals surface area contributed by atoms with E-state index < -0.39 is 46.4 Å². The van der Waals surface area contributed by atoms with E-state index in [0.29, 0.717) is 6.07 Å². The van der Waals surface area contributed by atoms with Crippen molar-refractivity contribution >= 4 is 11.8 Å². The lowest BCUT2D eigenvalue weighted by Gasteiger charge is -2.44. The second kappa shape index (κ2) is 8.81. The lowest BCUT2D eigenvalue weighted by molar-refractivity contribution is -0.141. The van der Waals surface area contributed by atoms with Gasteiger partial charge in [-0.1, -0.05) is 18.2 Å². The van der Waals surface area contributed by atoms with Crippen LogP contribution in [0.1, 0.15) is 39.9 Å². The van der Waals surface area contributed by atoms with E-state index in [1.807, 2.05) is 0 Å². The minimum Gasteiger partial charge on any atom is -0.338 e. The van der Waals surface area contributed by atoms with Crippen molar-refractivity contribution in [3.8, 4) is 0 Å². The highest BCUT2D eigenvalue weighted by atomic mass is 19.4. The number of nitrogens with zero attached hydrogens (tertiary/aromatic N) is 2. The summed E-state index contributed by atoms with van der Waals surface area (Å²) in [5.74, 6) is -1.98. The number of likely N-dealkylation sites (tertiary alicyclic amines) is 1. The summed E-state index contributed by atoms with van der Waals surface area (Å²) in [6, 6.07) is 6.68. The van der Waals surface area contributed by atoms with Gasteiger partial charge >= 0.3 is 12.4 Å². The molecule has 188 valence electrons. The summed E-state index contributed by atoms with van der Waals surface area (Å²) in [4.78, 5) is 27.9. The SMILES string of the molecule is O=C(c1cc(C(F)(F)F)ccc1C(F)(F)F)N1CCC2(CC1)NCC(=O)N2Cc1ccccc1F. The van der Waals surface area contributed by atoms with Crippen molar-refractivity contribution in [1.82, 2.24) is 15.1 Å². The Morgan fingerprint density at radius 3 is 2.23 bits per heavy atom. The van der Waals surface area contributed by atoms with Gasteiger partial charge in [-0.3, -0.25) is 14.9 Å². The lowest BCUT2D eigenvalue weighted by atomic mass is 9.94. The van der Waals surface area contributed by atoms with E-state index in [9.17, 15) is 40.3 Å². The van der Waals surface area contributed by atoms with Crippen LogP contribution in [0.3, 0.4) is 0 Å². The quantitative estimate of drug-likeness (QED) is 0.631. The van der Waals surface area contributed by atoms with Gasteiger partial charge in [0.05, 0.1) is 35.4 Å². The fourth-order valence-electron chi connectivity index (χ4n) is 4.55. The van der Waals surface area contributed by atoms with Gasteiger partial charge in [-0.2, -0.15) is 26.3 Å². The van der Waals surface area contributed by atoms with Gasteiger partial charge < -0.3 is 9.80 Å². The minimum atomic E-state index is -5.03. The first-order valence-electron chi connectivity index (χ1n) is 10.7. The van der Waals surface area contributed by atoms with E-state index >= 15 is 0 Å². The third-order valence-corrected chi connectivity index (χ3v) is 6.43. The predicted molar refractivity (Wildman–Crippen MR) is 109 cm³/mol. The Kier molecular flexibility index (Phi) is 6.28. The van der Waals surface area contributed by atoms with Gasteiger partial charge in [0.15, 0.2) is 0 Å². The van der Waals surface area contributed by atoms with Crippen LogP contribution in [0.5, 0.6) is 0 Å². The maximum atomic E-state index is 14.1. The summed E-state index contributed by atoms with van der Waals surface area (Å²) in [5, 5.41) is 3.06. The highest BCUT2D eigenvalue weighted by molar-refractivity contribution is 5.96. The first-order valence-corrected chi connectivity index (χ1v) is 10.7. The van der Waals surface area contributed by atoms with Crippen LogP contribution in [0.4, 0.5) is 30.7 Å². The van der Waals surface area contributed by atoms with E-state index in [-0.39, 0.29) is 62.6 Å². The van der Waals surface area contributed by atoms with Crippen LogP contribution in [-0.4, -0.2) is 46.9 Å². The highest BCUT2D eigenvalue weighted by Crippen LogP contribution is 2.38. The largest absolute Gasteiger partial charge is 0.417 e. The Labute approximate surface area is 195 Å². The highest BCUT2D eigenvalue weighted by Gasteiger charge is 2.48. The van der Waals surface area contributed by atoms with Gasteiger partial charge in [-0.25, -0.2) is 4.39 Å². The Bertz CT molecular complexity index is 1140. The molecule has 0 bridgehead atoms. The van der Waals surface area contributed by atoms with Crippen LogP contribution in [0.15, 0.2) is 42.5 Å². The molecule has 4 rings (SSSR count). The fourth-order valence-corrected chi connectivity index (χ4v) is 4.55. The van der Waals surface area contributed by atoms with Crippen LogP contribution >= 0.6 is 0 Å². The fraction of sp³-hybridized carbons (Fsp3) is 0.391. The summed E-state index contributed by atoms with van der Waals surface area (Å²) in [5.41, 5.74) is -4.56. The minimum absolute atomic E-state index is 0.0335. The molecule has 0 aromatic heterocycles. The normalized spacial score (nSPS) is 18.4. The second-order valence-corrected chi connectivity index (χ2v) is 8.50. The number of carbonyl (C=O) groups excluding carboxylic acids is 2. The molecule has 1 N–H and O–H groups in total. The van der Waals surface area contributed by atoms with E-state index in [0.717, 1.165) is 4.90 Å². The topological polar surface area (TPSA) is 52.7 Å². The molecule has 1 spiro atoms. The monoisotopic (exact) mass is 503 g/mol. The standard InChI is InChI=1S/C23H20F7N3O2/c24-18-4-2-1-3-14(18)13-33-19(34)12-31-21(33)7-9-32(10-8-21)20(35)16-11-15(22(25,26)27)5-6-17(16)23(28,29)30/h1-6,11,31H,7-10,12-13H2. The molecule has 2 aliphatic rings. The number of carbonyl (C=O) groups is 2. The smallest absolute Gasteiger partial charge is 0.338 e. The molecule has 2 aromatic carbocycles. The molecule has 2 amide bonds. The number of amides is 2. The summed E-state index contributed by atoms with van der Waals surface area (Å²) in [7, 11) is 0. The molecule has 2 heterocycles. The van der Waals surface area contributed by atoms with Crippen LogP contribution in [0.2, 0.25) is 0 Å². The number of benzene rings is 2. The van der Waals surface area contributed by atoms with Crippen molar-refractivity contribution < 1.29 is 40.3 Å². The number of nitrogens with one attached hydrogen (secondary N) is 1. The number of hydrogen-bond acceptors (Lipinski definition) is 3.